The normalized spacial score (nSPS) is 11.2. The number of nitrogens with one attached hydrogen (secondary N) is 1. The molecule has 8 heteroatoms. The molecule has 0 radical (unpaired) electrons. The van der Waals surface area contributed by atoms with Gasteiger partial charge in [-0.05, 0) is 72.6 Å². The number of carboxylic acid groups (broad SMARTS) is 1. The Morgan fingerprint density at radius 1 is 1.15 bits per heavy atom. The highest BCUT2D eigenvalue weighted by atomic mass is 35.5. The molecule has 0 aliphatic heterocycles. The summed E-state index contributed by atoms with van der Waals surface area (Å²) in [5.74, 6) is -0.795. The Hall–Kier alpha value is -2.93. The highest BCUT2D eigenvalue weighted by Gasteiger charge is 2.12. The fourth-order valence-corrected chi connectivity index (χ4v) is 3.88. The molecule has 0 bridgehead atoms. The van der Waals surface area contributed by atoms with Crippen LogP contribution < -0.4 is 10.2 Å². The molecule has 0 aliphatic rings. The number of unbranched alkanes of at least 4 members (excludes halogenated alkanes) is 1. The number of hydrogen-bond donors (Lipinski definition) is 2. The van der Waals surface area contributed by atoms with E-state index in [4.69, 9.17) is 40.5 Å². The predicted molar refractivity (Wildman–Crippen MR) is 140 cm³/mol. The van der Waals surface area contributed by atoms with E-state index in [2.05, 4.69) is 16.4 Å². The van der Waals surface area contributed by atoms with Crippen molar-refractivity contribution < 1.29 is 9.90 Å². The van der Waals surface area contributed by atoms with Crippen LogP contribution in [0.5, 0.6) is 0 Å². The second kappa shape index (κ2) is 11.8. The molecule has 170 valence electrons. The second-order valence-electron chi connectivity index (χ2n) is 7.31. The van der Waals surface area contributed by atoms with Gasteiger partial charge in [0, 0.05) is 42.1 Å². The fraction of sp³-hybridized carbons (Fsp3) is 0.160. The first kappa shape index (κ1) is 24.7. The monoisotopic (exact) mass is 499 g/mol. The largest absolute Gasteiger partial charge is 0.481 e. The summed E-state index contributed by atoms with van der Waals surface area (Å²) < 4.78 is 0. The maximum Gasteiger partial charge on any atom is 0.303 e. The molecule has 2 aromatic carbocycles. The van der Waals surface area contributed by atoms with Crippen molar-refractivity contribution in [3.05, 3.63) is 94.2 Å². The first-order valence-electron chi connectivity index (χ1n) is 10.3. The number of pyridine rings is 1. The second-order valence-corrected chi connectivity index (χ2v) is 8.54. The van der Waals surface area contributed by atoms with E-state index in [1.54, 1.807) is 30.6 Å². The quantitative estimate of drug-likeness (QED) is 0.259. The third kappa shape index (κ3) is 7.02. The lowest BCUT2D eigenvalue weighted by atomic mass is 9.97. The van der Waals surface area contributed by atoms with Gasteiger partial charge in [-0.2, -0.15) is 0 Å². The third-order valence-corrected chi connectivity index (χ3v) is 5.86. The minimum Gasteiger partial charge on any atom is -0.481 e. The molecule has 1 heterocycles. The van der Waals surface area contributed by atoms with Gasteiger partial charge < -0.3 is 15.3 Å². The molecule has 0 atom stereocenters. The van der Waals surface area contributed by atoms with Crippen molar-refractivity contribution in [1.29, 1.82) is 0 Å². The number of rotatable bonds is 8. The first-order chi connectivity index (χ1) is 15.8. The van der Waals surface area contributed by atoms with Crippen LogP contribution in [0.15, 0.2) is 73.1 Å². The van der Waals surface area contributed by atoms with Gasteiger partial charge in [0.1, 0.15) is 0 Å². The highest BCUT2D eigenvalue weighted by molar-refractivity contribution is 7.80. The van der Waals surface area contributed by atoms with Crippen molar-refractivity contribution in [2.45, 2.75) is 19.3 Å². The summed E-state index contributed by atoms with van der Waals surface area (Å²) in [6.45, 7) is 0. The molecule has 3 rings (SSSR count). The number of halogens is 2. The molecule has 0 amide bonds. The van der Waals surface area contributed by atoms with E-state index in [0.29, 0.717) is 33.7 Å². The summed E-state index contributed by atoms with van der Waals surface area (Å²) in [6, 6.07) is 17.0. The predicted octanol–water partition coefficient (Wildman–Crippen LogP) is 6.91. The number of carboxylic acids is 1. The third-order valence-electron chi connectivity index (χ3n) is 4.94. The van der Waals surface area contributed by atoms with Gasteiger partial charge in [0.25, 0.3) is 0 Å². The van der Waals surface area contributed by atoms with Crippen molar-refractivity contribution in [1.82, 2.24) is 4.98 Å². The van der Waals surface area contributed by atoms with Gasteiger partial charge >= 0.3 is 5.97 Å². The fourth-order valence-electron chi connectivity index (χ4n) is 3.21. The Balaban J connectivity index is 1.84. The molecule has 0 aliphatic carbocycles. The lowest BCUT2D eigenvalue weighted by molar-refractivity contribution is -0.137. The Kier molecular flexibility index (Phi) is 8.83. The molecule has 0 saturated heterocycles. The number of thiocarbonyl (C=S) groups is 1. The molecule has 5 nitrogen and oxygen atoms in total. The van der Waals surface area contributed by atoms with Crippen molar-refractivity contribution in [3.8, 4) is 0 Å². The van der Waals surface area contributed by atoms with Crippen LogP contribution in [-0.2, 0) is 4.79 Å². The summed E-state index contributed by atoms with van der Waals surface area (Å²) >= 11 is 17.8. The van der Waals surface area contributed by atoms with E-state index in [1.807, 2.05) is 48.3 Å². The average molecular weight is 500 g/mol. The zero-order valence-electron chi connectivity index (χ0n) is 18.0. The van der Waals surface area contributed by atoms with Crippen LogP contribution in [0, 0.1) is 0 Å². The molecule has 2 N–H and O–H groups in total. The van der Waals surface area contributed by atoms with Crippen LogP contribution in [0.2, 0.25) is 10.0 Å². The Morgan fingerprint density at radius 2 is 1.94 bits per heavy atom. The van der Waals surface area contributed by atoms with Gasteiger partial charge in [-0.15, -0.1) is 0 Å². The number of nitrogens with zero attached hydrogens (tertiary/aromatic N) is 2. The summed E-state index contributed by atoms with van der Waals surface area (Å²) in [5.41, 5.74) is 4.48. The average Bonchev–Trinajstić information content (AvgIpc) is 2.81. The summed E-state index contributed by atoms with van der Waals surface area (Å²) in [5, 5.41) is 13.6. The standard InChI is InChI=1S/C25H23Cl2N3O2S/c1-30(25(33)29-23-12-11-19(26)15-22(23)27)20-8-4-6-17(14-20)21(9-2-3-10-24(31)32)18-7-5-13-28-16-18/h4-9,11-16H,2-3,10H2,1H3,(H,29,33)(H,31,32)/b21-9+. The zero-order chi connectivity index (χ0) is 23.8. The summed E-state index contributed by atoms with van der Waals surface area (Å²) in [7, 11) is 1.87. The van der Waals surface area contributed by atoms with Crippen LogP contribution in [0.3, 0.4) is 0 Å². The topological polar surface area (TPSA) is 65.5 Å². The van der Waals surface area contributed by atoms with E-state index in [9.17, 15) is 4.79 Å². The number of carbonyl (C=O) groups is 1. The Morgan fingerprint density at radius 3 is 2.64 bits per heavy atom. The maximum absolute atomic E-state index is 10.9. The van der Waals surface area contributed by atoms with Gasteiger partial charge in [0.15, 0.2) is 5.11 Å². The number of allylic oxidation sites excluding steroid dienone is 1. The van der Waals surface area contributed by atoms with Crippen molar-refractivity contribution >= 4 is 63.4 Å². The van der Waals surface area contributed by atoms with Crippen molar-refractivity contribution in [3.63, 3.8) is 0 Å². The van der Waals surface area contributed by atoms with Gasteiger partial charge in [0.05, 0.1) is 10.7 Å². The van der Waals surface area contributed by atoms with Gasteiger partial charge in [0.2, 0.25) is 0 Å². The zero-order valence-corrected chi connectivity index (χ0v) is 20.3. The van der Waals surface area contributed by atoms with Crippen LogP contribution in [0.1, 0.15) is 30.4 Å². The number of aromatic nitrogens is 1. The van der Waals surface area contributed by atoms with Gasteiger partial charge in [-0.25, -0.2) is 0 Å². The van der Waals surface area contributed by atoms with Gasteiger partial charge in [-0.3, -0.25) is 9.78 Å². The lowest BCUT2D eigenvalue weighted by Crippen LogP contribution is -2.31. The summed E-state index contributed by atoms with van der Waals surface area (Å²) in [6.07, 6.45) is 6.92. The molecule has 3 aromatic rings. The Labute approximate surface area is 208 Å². The number of benzene rings is 2. The minimum atomic E-state index is -0.795. The Bertz CT molecular complexity index is 1170. The SMILES string of the molecule is CN(C(=S)Nc1ccc(Cl)cc1Cl)c1cccc(/C(=C\CCCC(=O)O)c2cccnc2)c1. The van der Waals surface area contributed by atoms with Crippen LogP contribution >= 0.6 is 35.4 Å². The first-order valence-corrected chi connectivity index (χ1v) is 11.4. The van der Waals surface area contributed by atoms with Crippen LogP contribution in [0.25, 0.3) is 5.57 Å². The maximum atomic E-state index is 10.9. The number of anilines is 2. The molecule has 0 spiro atoms. The molecule has 33 heavy (non-hydrogen) atoms. The number of hydrogen-bond acceptors (Lipinski definition) is 3. The van der Waals surface area contributed by atoms with E-state index in [0.717, 1.165) is 22.4 Å². The van der Waals surface area contributed by atoms with E-state index >= 15 is 0 Å². The highest BCUT2D eigenvalue weighted by Crippen LogP contribution is 2.29. The molecule has 1 aromatic heterocycles. The smallest absolute Gasteiger partial charge is 0.303 e. The summed E-state index contributed by atoms with van der Waals surface area (Å²) in [4.78, 5) is 17.0. The van der Waals surface area contributed by atoms with E-state index in [1.165, 1.54) is 0 Å². The lowest BCUT2D eigenvalue weighted by Gasteiger charge is -2.22. The van der Waals surface area contributed by atoms with Crippen LogP contribution in [0.4, 0.5) is 11.4 Å². The number of aliphatic carboxylic acids is 1. The minimum absolute atomic E-state index is 0.132. The van der Waals surface area contributed by atoms with Crippen LogP contribution in [-0.4, -0.2) is 28.2 Å². The van der Waals surface area contributed by atoms with Crippen molar-refractivity contribution in [2.24, 2.45) is 0 Å². The molecular weight excluding hydrogens is 477 g/mol. The van der Waals surface area contributed by atoms with E-state index in [-0.39, 0.29) is 6.42 Å². The molecule has 0 unspecified atom stereocenters. The van der Waals surface area contributed by atoms with Crippen molar-refractivity contribution in [2.75, 3.05) is 17.3 Å². The molecular formula is C25H23Cl2N3O2S. The van der Waals surface area contributed by atoms with E-state index < -0.39 is 5.97 Å². The molecule has 0 fully saturated rings. The molecule has 0 saturated carbocycles. The van der Waals surface area contributed by atoms with Gasteiger partial charge in [-0.1, -0.05) is 47.5 Å².